The van der Waals surface area contributed by atoms with Crippen LogP contribution in [0.4, 0.5) is 4.39 Å². The van der Waals surface area contributed by atoms with E-state index in [9.17, 15) is 12.8 Å². The van der Waals surface area contributed by atoms with Crippen LogP contribution in [0.2, 0.25) is 0 Å². The minimum Gasteiger partial charge on any atom is -0.392 e. The van der Waals surface area contributed by atoms with E-state index < -0.39 is 15.8 Å². The molecule has 0 unspecified atom stereocenters. The van der Waals surface area contributed by atoms with Crippen molar-refractivity contribution in [3.05, 3.63) is 52.7 Å². The Balaban J connectivity index is 2.09. The fourth-order valence-corrected chi connectivity index (χ4v) is 3.74. The van der Waals surface area contributed by atoms with Crippen molar-refractivity contribution in [1.29, 1.82) is 0 Å². The first-order chi connectivity index (χ1) is 9.01. The molecule has 7 heteroatoms. The summed E-state index contributed by atoms with van der Waals surface area (Å²) in [6.45, 7) is -0.178. The second-order valence-electron chi connectivity index (χ2n) is 3.89. The summed E-state index contributed by atoms with van der Waals surface area (Å²) in [6.07, 6.45) is 0. The van der Waals surface area contributed by atoms with Crippen molar-refractivity contribution in [2.45, 2.75) is 17.4 Å². The van der Waals surface area contributed by atoms with Crippen molar-refractivity contribution in [2.75, 3.05) is 0 Å². The van der Waals surface area contributed by atoms with Gasteiger partial charge in [-0.25, -0.2) is 17.5 Å². The predicted molar refractivity (Wildman–Crippen MR) is 70.7 cm³/mol. The summed E-state index contributed by atoms with van der Waals surface area (Å²) in [5, 5.41) is 10.5. The SMILES string of the molecule is O=S(=O)(NCc1cccc(F)c1)c1cc(CO)cs1. The summed E-state index contributed by atoms with van der Waals surface area (Å²) in [5.74, 6) is -0.407. The van der Waals surface area contributed by atoms with Gasteiger partial charge < -0.3 is 5.11 Å². The molecule has 0 amide bonds. The number of rotatable bonds is 5. The van der Waals surface area contributed by atoms with Gasteiger partial charge in [-0.2, -0.15) is 0 Å². The fourth-order valence-electron chi connectivity index (χ4n) is 1.47. The average Bonchev–Trinajstić information content (AvgIpc) is 2.86. The van der Waals surface area contributed by atoms with E-state index in [0.29, 0.717) is 11.1 Å². The number of thiophene rings is 1. The highest BCUT2D eigenvalue weighted by Crippen LogP contribution is 2.20. The van der Waals surface area contributed by atoms with E-state index >= 15 is 0 Å². The molecule has 102 valence electrons. The first-order valence-electron chi connectivity index (χ1n) is 5.43. The molecule has 1 heterocycles. The molecule has 2 N–H and O–H groups in total. The van der Waals surface area contributed by atoms with Crippen molar-refractivity contribution < 1.29 is 17.9 Å². The van der Waals surface area contributed by atoms with Crippen LogP contribution in [0, 0.1) is 5.82 Å². The molecule has 0 saturated heterocycles. The summed E-state index contributed by atoms with van der Waals surface area (Å²) in [6, 6.07) is 7.15. The maximum Gasteiger partial charge on any atom is 0.250 e. The smallest absolute Gasteiger partial charge is 0.250 e. The zero-order chi connectivity index (χ0) is 13.9. The van der Waals surface area contributed by atoms with Gasteiger partial charge in [-0.15, -0.1) is 11.3 Å². The van der Waals surface area contributed by atoms with E-state index in [1.54, 1.807) is 11.4 Å². The lowest BCUT2D eigenvalue weighted by Crippen LogP contribution is -2.22. The number of nitrogens with one attached hydrogen (secondary N) is 1. The molecule has 0 radical (unpaired) electrons. The zero-order valence-electron chi connectivity index (χ0n) is 9.84. The largest absolute Gasteiger partial charge is 0.392 e. The number of hydrogen-bond donors (Lipinski definition) is 2. The number of benzene rings is 1. The van der Waals surface area contributed by atoms with E-state index in [1.165, 1.54) is 24.3 Å². The van der Waals surface area contributed by atoms with E-state index in [0.717, 1.165) is 11.3 Å². The van der Waals surface area contributed by atoms with Crippen LogP contribution < -0.4 is 4.72 Å². The fraction of sp³-hybridized carbons (Fsp3) is 0.167. The summed E-state index contributed by atoms with van der Waals surface area (Å²) >= 11 is 1.03. The van der Waals surface area contributed by atoms with E-state index in [2.05, 4.69) is 4.72 Å². The summed E-state index contributed by atoms with van der Waals surface area (Å²) in [5.41, 5.74) is 1.10. The van der Waals surface area contributed by atoms with Crippen LogP contribution in [-0.2, 0) is 23.2 Å². The molecule has 2 aromatic rings. The minimum atomic E-state index is -3.63. The molecule has 4 nitrogen and oxygen atoms in total. The molecular formula is C12H12FNO3S2. The topological polar surface area (TPSA) is 66.4 Å². The van der Waals surface area contributed by atoms with E-state index in [1.807, 2.05) is 0 Å². The molecule has 0 aliphatic heterocycles. The van der Waals surface area contributed by atoms with Gasteiger partial charge in [-0.3, -0.25) is 0 Å². The average molecular weight is 301 g/mol. The third kappa shape index (κ3) is 3.60. The lowest BCUT2D eigenvalue weighted by atomic mass is 10.2. The second-order valence-corrected chi connectivity index (χ2v) is 6.79. The quantitative estimate of drug-likeness (QED) is 0.886. The molecule has 1 aromatic carbocycles. The Kier molecular flexibility index (Phi) is 4.31. The van der Waals surface area contributed by atoms with Gasteiger partial charge >= 0.3 is 0 Å². The second kappa shape index (κ2) is 5.79. The molecule has 0 fully saturated rings. The number of aliphatic hydroxyl groups excluding tert-OH is 1. The monoisotopic (exact) mass is 301 g/mol. The van der Waals surface area contributed by atoms with Crippen molar-refractivity contribution in [1.82, 2.24) is 4.72 Å². The number of halogens is 1. The van der Waals surface area contributed by atoms with Crippen molar-refractivity contribution in [3.8, 4) is 0 Å². The highest BCUT2D eigenvalue weighted by atomic mass is 32.2. The van der Waals surface area contributed by atoms with Crippen LogP contribution in [0.25, 0.3) is 0 Å². The Labute approximate surface area is 114 Å². The third-order valence-electron chi connectivity index (χ3n) is 2.43. The van der Waals surface area contributed by atoms with Gasteiger partial charge in [0.25, 0.3) is 0 Å². The van der Waals surface area contributed by atoms with Crippen LogP contribution in [0.1, 0.15) is 11.1 Å². The molecule has 0 spiro atoms. The number of aliphatic hydroxyl groups is 1. The number of sulfonamides is 1. The Morgan fingerprint density at radius 3 is 2.68 bits per heavy atom. The molecule has 0 aliphatic carbocycles. The van der Waals surface area contributed by atoms with Crippen LogP contribution in [-0.4, -0.2) is 13.5 Å². The molecule has 0 bridgehead atoms. The van der Waals surface area contributed by atoms with Gasteiger partial charge in [-0.1, -0.05) is 12.1 Å². The molecular weight excluding hydrogens is 289 g/mol. The molecule has 2 rings (SSSR count). The van der Waals surface area contributed by atoms with Gasteiger partial charge in [-0.05, 0) is 34.7 Å². The lowest BCUT2D eigenvalue weighted by molar-refractivity contribution is 0.282. The van der Waals surface area contributed by atoms with Crippen molar-refractivity contribution in [3.63, 3.8) is 0 Å². The van der Waals surface area contributed by atoms with Crippen molar-refractivity contribution >= 4 is 21.4 Å². The van der Waals surface area contributed by atoms with Crippen LogP contribution >= 0.6 is 11.3 Å². The predicted octanol–water partition coefficient (Wildman–Crippen LogP) is 1.86. The van der Waals surface area contributed by atoms with Gasteiger partial charge in [0.1, 0.15) is 10.0 Å². The lowest BCUT2D eigenvalue weighted by Gasteiger charge is -2.04. The Hall–Kier alpha value is -1.28. The highest BCUT2D eigenvalue weighted by molar-refractivity contribution is 7.91. The van der Waals surface area contributed by atoms with E-state index in [-0.39, 0.29) is 17.4 Å². The highest BCUT2D eigenvalue weighted by Gasteiger charge is 2.16. The standard InChI is InChI=1S/C12H12FNO3S2/c13-11-3-1-2-9(4-11)6-14-19(16,17)12-5-10(7-15)8-18-12/h1-5,8,14-15H,6-7H2. The molecule has 1 aromatic heterocycles. The third-order valence-corrected chi connectivity index (χ3v) is 5.32. The first-order valence-corrected chi connectivity index (χ1v) is 7.80. The molecule has 0 aliphatic rings. The van der Waals surface area contributed by atoms with E-state index in [4.69, 9.17) is 5.11 Å². The van der Waals surface area contributed by atoms with Gasteiger partial charge in [0.15, 0.2) is 0 Å². The van der Waals surface area contributed by atoms with Crippen molar-refractivity contribution in [2.24, 2.45) is 0 Å². The maximum atomic E-state index is 13.0. The summed E-state index contributed by atoms with van der Waals surface area (Å²) < 4.78 is 39.4. The normalized spacial score (nSPS) is 11.7. The van der Waals surface area contributed by atoms with Gasteiger partial charge in [0.2, 0.25) is 10.0 Å². The van der Waals surface area contributed by atoms with Crippen LogP contribution in [0.15, 0.2) is 39.9 Å². The molecule has 0 atom stereocenters. The summed E-state index contributed by atoms with van der Waals surface area (Å²) in [4.78, 5) is 0. The van der Waals surface area contributed by atoms with Crippen LogP contribution in [0.3, 0.4) is 0 Å². The van der Waals surface area contributed by atoms with Crippen LogP contribution in [0.5, 0.6) is 0 Å². The maximum absolute atomic E-state index is 13.0. The Morgan fingerprint density at radius 2 is 2.05 bits per heavy atom. The first kappa shape index (κ1) is 14.1. The molecule has 0 saturated carbocycles. The number of hydrogen-bond acceptors (Lipinski definition) is 4. The Bertz CT molecular complexity index is 667. The minimum absolute atomic E-state index is 0.0203. The summed E-state index contributed by atoms with van der Waals surface area (Å²) in [7, 11) is -3.63. The zero-order valence-corrected chi connectivity index (χ0v) is 11.5. The van der Waals surface area contributed by atoms with Gasteiger partial charge in [0, 0.05) is 6.54 Å². The van der Waals surface area contributed by atoms with Gasteiger partial charge in [0.05, 0.1) is 6.61 Å². The molecule has 19 heavy (non-hydrogen) atoms. The Morgan fingerprint density at radius 1 is 1.26 bits per heavy atom.